The molecule has 1 atom stereocenters. The molecule has 2 aliphatic rings. The quantitative estimate of drug-likeness (QED) is 0.697. The SMILES string of the molecule is CC(C)CN1C(=O)c2ccccc2N2C(=O)CC[C@@]12C(=O)OCc1ccccc1C#N. The van der Waals surface area contributed by atoms with Gasteiger partial charge in [-0.3, -0.25) is 14.5 Å². The van der Waals surface area contributed by atoms with Crippen molar-refractivity contribution in [3.8, 4) is 6.07 Å². The topological polar surface area (TPSA) is 90.7 Å². The number of amides is 2. The van der Waals surface area contributed by atoms with Crippen LogP contribution in [0.3, 0.4) is 0 Å². The first-order valence-electron chi connectivity index (χ1n) is 10.3. The summed E-state index contributed by atoms with van der Waals surface area (Å²) in [5.74, 6) is -1.09. The third-order valence-electron chi connectivity index (χ3n) is 5.75. The Balaban J connectivity index is 1.76. The van der Waals surface area contributed by atoms with Gasteiger partial charge in [0.2, 0.25) is 11.6 Å². The van der Waals surface area contributed by atoms with Crippen molar-refractivity contribution < 1.29 is 19.1 Å². The van der Waals surface area contributed by atoms with Crippen LogP contribution in [0.4, 0.5) is 5.69 Å². The fraction of sp³-hybridized carbons (Fsp3) is 0.333. The van der Waals surface area contributed by atoms with Crippen LogP contribution in [0.15, 0.2) is 48.5 Å². The fourth-order valence-corrected chi connectivity index (χ4v) is 4.38. The number of hydrogen-bond acceptors (Lipinski definition) is 5. The average molecular weight is 417 g/mol. The van der Waals surface area contributed by atoms with E-state index in [0.29, 0.717) is 28.9 Å². The third-order valence-corrected chi connectivity index (χ3v) is 5.75. The van der Waals surface area contributed by atoms with Gasteiger partial charge in [0.05, 0.1) is 22.9 Å². The molecule has 0 N–H and O–H groups in total. The molecular formula is C24H23N3O4. The molecule has 0 bridgehead atoms. The summed E-state index contributed by atoms with van der Waals surface area (Å²) in [5.41, 5.74) is 0.301. The Labute approximate surface area is 180 Å². The Bertz CT molecular complexity index is 1100. The number of fused-ring (bicyclic) bond motifs is 3. The van der Waals surface area contributed by atoms with E-state index in [1.54, 1.807) is 48.5 Å². The summed E-state index contributed by atoms with van der Waals surface area (Å²) >= 11 is 0. The maximum absolute atomic E-state index is 13.6. The van der Waals surface area contributed by atoms with Crippen molar-refractivity contribution in [1.82, 2.24) is 4.90 Å². The van der Waals surface area contributed by atoms with E-state index in [9.17, 15) is 19.6 Å². The molecule has 0 saturated carbocycles. The van der Waals surface area contributed by atoms with Crippen molar-refractivity contribution in [3.63, 3.8) is 0 Å². The Morgan fingerprint density at radius 3 is 2.61 bits per heavy atom. The maximum atomic E-state index is 13.6. The highest BCUT2D eigenvalue weighted by Gasteiger charge is 2.61. The Morgan fingerprint density at radius 1 is 1.16 bits per heavy atom. The predicted octanol–water partition coefficient (Wildman–Crippen LogP) is 3.24. The molecule has 7 heteroatoms. The number of esters is 1. The van der Waals surface area contributed by atoms with Gasteiger partial charge in [-0.25, -0.2) is 4.79 Å². The standard InChI is InChI=1S/C24H23N3O4/c1-16(2)14-26-22(29)19-9-5-6-10-20(19)27-21(28)11-12-24(26,27)23(30)31-15-18-8-4-3-7-17(18)13-25/h3-10,16H,11-12,14-15H2,1-2H3/t24-/m1/s1. The molecule has 0 radical (unpaired) electrons. The third kappa shape index (κ3) is 3.25. The Kier molecular flexibility index (Phi) is 5.24. The summed E-state index contributed by atoms with van der Waals surface area (Å²) in [5, 5.41) is 9.30. The molecule has 2 aliphatic heterocycles. The number of nitriles is 1. The van der Waals surface area contributed by atoms with E-state index in [1.807, 2.05) is 13.8 Å². The van der Waals surface area contributed by atoms with E-state index in [-0.39, 0.29) is 37.2 Å². The Morgan fingerprint density at radius 2 is 1.87 bits per heavy atom. The van der Waals surface area contributed by atoms with E-state index in [2.05, 4.69) is 6.07 Å². The molecule has 2 aromatic carbocycles. The zero-order valence-electron chi connectivity index (χ0n) is 17.5. The fourth-order valence-electron chi connectivity index (χ4n) is 4.38. The summed E-state index contributed by atoms with van der Waals surface area (Å²) in [6, 6.07) is 15.8. The zero-order chi connectivity index (χ0) is 22.2. The van der Waals surface area contributed by atoms with Crippen molar-refractivity contribution >= 4 is 23.5 Å². The molecule has 2 heterocycles. The highest BCUT2D eigenvalue weighted by molar-refractivity contribution is 6.15. The van der Waals surface area contributed by atoms with E-state index in [1.165, 1.54) is 9.80 Å². The van der Waals surface area contributed by atoms with Gasteiger partial charge < -0.3 is 9.64 Å². The van der Waals surface area contributed by atoms with Gasteiger partial charge in [0.25, 0.3) is 5.91 Å². The van der Waals surface area contributed by atoms with Crippen LogP contribution in [0, 0.1) is 17.2 Å². The van der Waals surface area contributed by atoms with E-state index < -0.39 is 11.6 Å². The van der Waals surface area contributed by atoms with Crippen LogP contribution in [0.25, 0.3) is 0 Å². The molecule has 31 heavy (non-hydrogen) atoms. The van der Waals surface area contributed by atoms with Crippen LogP contribution in [-0.2, 0) is 20.9 Å². The predicted molar refractivity (Wildman–Crippen MR) is 113 cm³/mol. The second-order valence-corrected chi connectivity index (χ2v) is 8.22. The van der Waals surface area contributed by atoms with Gasteiger partial charge in [-0.15, -0.1) is 0 Å². The van der Waals surface area contributed by atoms with Crippen molar-refractivity contribution in [1.29, 1.82) is 5.26 Å². The summed E-state index contributed by atoms with van der Waals surface area (Å²) in [6.07, 6.45) is 0.303. The summed E-state index contributed by atoms with van der Waals surface area (Å²) in [6.45, 7) is 4.10. The van der Waals surface area contributed by atoms with E-state index in [4.69, 9.17) is 4.74 Å². The van der Waals surface area contributed by atoms with Crippen LogP contribution in [0.5, 0.6) is 0 Å². The first-order valence-corrected chi connectivity index (χ1v) is 10.3. The number of benzene rings is 2. The largest absolute Gasteiger partial charge is 0.458 e. The van der Waals surface area contributed by atoms with Gasteiger partial charge in [-0.1, -0.05) is 44.2 Å². The van der Waals surface area contributed by atoms with E-state index >= 15 is 0 Å². The Hall–Kier alpha value is -3.66. The van der Waals surface area contributed by atoms with E-state index in [0.717, 1.165) is 0 Å². The van der Waals surface area contributed by atoms with Crippen LogP contribution >= 0.6 is 0 Å². The van der Waals surface area contributed by atoms with Crippen LogP contribution < -0.4 is 4.90 Å². The number of nitrogens with zero attached hydrogens (tertiary/aromatic N) is 3. The molecule has 1 saturated heterocycles. The monoisotopic (exact) mass is 417 g/mol. The smallest absolute Gasteiger partial charge is 0.354 e. The summed E-state index contributed by atoms with van der Waals surface area (Å²) in [7, 11) is 0. The molecule has 2 amide bonds. The number of carbonyl (C=O) groups is 3. The van der Waals surface area contributed by atoms with Gasteiger partial charge in [0.15, 0.2) is 0 Å². The van der Waals surface area contributed by atoms with Gasteiger partial charge in [-0.2, -0.15) is 5.26 Å². The minimum atomic E-state index is -1.52. The zero-order valence-corrected chi connectivity index (χ0v) is 17.5. The molecule has 0 spiro atoms. The number of rotatable bonds is 5. The first kappa shape index (κ1) is 20.6. The van der Waals surface area contributed by atoms with Gasteiger partial charge in [0.1, 0.15) is 6.61 Å². The normalized spacial score (nSPS) is 19.8. The molecule has 1 fully saturated rings. The molecule has 7 nitrogen and oxygen atoms in total. The second kappa shape index (κ2) is 7.88. The van der Waals surface area contributed by atoms with Crippen LogP contribution in [0.1, 0.15) is 48.2 Å². The van der Waals surface area contributed by atoms with Crippen molar-refractivity contribution in [3.05, 3.63) is 65.2 Å². The lowest BCUT2D eigenvalue weighted by Gasteiger charge is -2.48. The summed E-state index contributed by atoms with van der Waals surface area (Å²) in [4.78, 5) is 42.9. The lowest BCUT2D eigenvalue weighted by Crippen LogP contribution is -2.69. The lowest BCUT2D eigenvalue weighted by molar-refractivity contribution is -0.159. The minimum absolute atomic E-state index is 0.0794. The second-order valence-electron chi connectivity index (χ2n) is 8.22. The molecule has 0 aliphatic carbocycles. The lowest BCUT2D eigenvalue weighted by atomic mass is 9.95. The highest BCUT2D eigenvalue weighted by atomic mass is 16.5. The summed E-state index contributed by atoms with van der Waals surface area (Å²) < 4.78 is 5.66. The van der Waals surface area contributed by atoms with Crippen molar-refractivity contribution in [2.24, 2.45) is 5.92 Å². The molecular weight excluding hydrogens is 394 g/mol. The average Bonchev–Trinajstić information content (AvgIpc) is 3.13. The highest BCUT2D eigenvalue weighted by Crippen LogP contribution is 2.45. The van der Waals surface area contributed by atoms with Crippen molar-refractivity contribution in [2.45, 2.75) is 39.0 Å². The molecule has 158 valence electrons. The molecule has 0 unspecified atom stereocenters. The molecule has 0 aromatic heterocycles. The number of carbonyl (C=O) groups excluding carboxylic acids is 3. The van der Waals surface area contributed by atoms with Crippen LogP contribution in [0.2, 0.25) is 0 Å². The van der Waals surface area contributed by atoms with Gasteiger partial charge >= 0.3 is 5.97 Å². The van der Waals surface area contributed by atoms with Crippen molar-refractivity contribution in [2.75, 3.05) is 11.4 Å². The minimum Gasteiger partial charge on any atom is -0.458 e. The number of hydrogen-bond donors (Lipinski definition) is 0. The number of ether oxygens (including phenoxy) is 1. The van der Waals surface area contributed by atoms with Crippen LogP contribution in [-0.4, -0.2) is 34.9 Å². The number of anilines is 1. The number of para-hydroxylation sites is 1. The maximum Gasteiger partial charge on any atom is 0.354 e. The van der Waals surface area contributed by atoms with Gasteiger partial charge in [0, 0.05) is 24.9 Å². The van der Waals surface area contributed by atoms with Gasteiger partial charge in [-0.05, 0) is 24.1 Å². The molecule has 2 aromatic rings. The first-order chi connectivity index (χ1) is 14.9. The molecule has 4 rings (SSSR count).